The molecule has 0 amide bonds. The van der Waals surface area contributed by atoms with Crippen LogP contribution in [-0.2, 0) is 12.7 Å². The second kappa shape index (κ2) is 5.57. The molecule has 1 heterocycles. The van der Waals surface area contributed by atoms with Crippen LogP contribution in [0.4, 0.5) is 13.2 Å². The van der Waals surface area contributed by atoms with Gasteiger partial charge >= 0.3 is 6.18 Å². The zero-order valence-electron chi connectivity index (χ0n) is 10.7. The summed E-state index contributed by atoms with van der Waals surface area (Å²) in [6.45, 7) is 2.50. The second-order valence-corrected chi connectivity index (χ2v) is 5.14. The molecule has 20 heavy (non-hydrogen) atoms. The third kappa shape index (κ3) is 2.88. The average molecular weight is 348 g/mol. The normalized spacial score (nSPS) is 13.5. The third-order valence-corrected chi connectivity index (χ3v) is 3.75. The summed E-state index contributed by atoms with van der Waals surface area (Å²) in [6, 6.07) is 4.50. The lowest BCUT2D eigenvalue weighted by atomic mass is 10.0. The van der Waals surface area contributed by atoms with E-state index in [1.807, 2.05) is 6.92 Å². The molecule has 3 nitrogen and oxygen atoms in total. The van der Waals surface area contributed by atoms with Crippen LogP contribution in [0.3, 0.4) is 0 Å². The van der Waals surface area contributed by atoms with Crippen LogP contribution >= 0.6 is 15.9 Å². The molecule has 0 fully saturated rings. The first kappa shape index (κ1) is 15.1. The number of aryl methyl sites for hydroxylation is 1. The molecule has 0 aliphatic carbocycles. The van der Waals surface area contributed by atoms with Gasteiger partial charge in [0.1, 0.15) is 0 Å². The SMILES string of the molecule is CCn1nccc1C(N)c1cc(C(F)(F)F)ccc1Br. The number of alkyl halides is 3. The highest BCUT2D eigenvalue weighted by Crippen LogP contribution is 2.34. The van der Waals surface area contributed by atoms with Crippen molar-refractivity contribution in [2.45, 2.75) is 25.7 Å². The second-order valence-electron chi connectivity index (χ2n) is 4.28. The van der Waals surface area contributed by atoms with E-state index in [2.05, 4.69) is 21.0 Å². The number of hydrogen-bond acceptors (Lipinski definition) is 2. The predicted octanol–water partition coefficient (Wildman–Crippen LogP) is 3.73. The number of nitrogens with zero attached hydrogens (tertiary/aromatic N) is 2. The molecule has 108 valence electrons. The Morgan fingerprint density at radius 2 is 2.05 bits per heavy atom. The van der Waals surface area contributed by atoms with Gasteiger partial charge < -0.3 is 5.73 Å². The first-order valence-electron chi connectivity index (χ1n) is 5.98. The molecule has 1 aromatic carbocycles. The predicted molar refractivity (Wildman–Crippen MR) is 73.1 cm³/mol. The fourth-order valence-corrected chi connectivity index (χ4v) is 2.48. The summed E-state index contributed by atoms with van der Waals surface area (Å²) in [5, 5.41) is 4.08. The smallest absolute Gasteiger partial charge is 0.319 e. The summed E-state index contributed by atoms with van der Waals surface area (Å²) in [6.07, 6.45) is -2.81. The van der Waals surface area contributed by atoms with Gasteiger partial charge in [-0.1, -0.05) is 15.9 Å². The molecule has 1 atom stereocenters. The number of hydrogen-bond donors (Lipinski definition) is 1. The van der Waals surface area contributed by atoms with Gasteiger partial charge in [-0.05, 0) is 36.8 Å². The fraction of sp³-hybridized carbons (Fsp3) is 0.308. The van der Waals surface area contributed by atoms with Crippen LogP contribution in [0.25, 0.3) is 0 Å². The Hall–Kier alpha value is -1.34. The maximum absolute atomic E-state index is 12.8. The molecular weight excluding hydrogens is 335 g/mol. The van der Waals surface area contributed by atoms with E-state index in [1.165, 1.54) is 6.07 Å². The maximum Gasteiger partial charge on any atom is 0.416 e. The molecule has 0 saturated heterocycles. The topological polar surface area (TPSA) is 43.8 Å². The number of benzene rings is 1. The van der Waals surface area contributed by atoms with Gasteiger partial charge in [0.05, 0.1) is 17.3 Å². The Balaban J connectivity index is 2.46. The van der Waals surface area contributed by atoms with Gasteiger partial charge in [0.15, 0.2) is 0 Å². The van der Waals surface area contributed by atoms with Crippen molar-refractivity contribution in [2.24, 2.45) is 5.73 Å². The van der Waals surface area contributed by atoms with E-state index in [0.29, 0.717) is 22.3 Å². The Morgan fingerprint density at radius 1 is 1.35 bits per heavy atom. The average Bonchev–Trinajstić information content (AvgIpc) is 2.85. The van der Waals surface area contributed by atoms with Crippen LogP contribution in [-0.4, -0.2) is 9.78 Å². The van der Waals surface area contributed by atoms with Gasteiger partial charge in [-0.25, -0.2) is 0 Å². The first-order chi connectivity index (χ1) is 9.34. The summed E-state index contributed by atoms with van der Waals surface area (Å²) in [5.41, 5.74) is 6.44. The highest BCUT2D eigenvalue weighted by molar-refractivity contribution is 9.10. The lowest BCUT2D eigenvalue weighted by molar-refractivity contribution is -0.137. The number of rotatable bonds is 3. The van der Waals surface area contributed by atoms with Gasteiger partial charge in [0.2, 0.25) is 0 Å². The zero-order valence-corrected chi connectivity index (χ0v) is 12.2. The van der Waals surface area contributed by atoms with Crippen molar-refractivity contribution in [1.29, 1.82) is 0 Å². The van der Waals surface area contributed by atoms with Crippen LogP contribution in [0.5, 0.6) is 0 Å². The quantitative estimate of drug-likeness (QED) is 0.919. The summed E-state index contributed by atoms with van der Waals surface area (Å²) < 4.78 is 40.5. The molecule has 0 spiro atoms. The number of halogens is 4. The molecule has 0 bridgehead atoms. The lowest BCUT2D eigenvalue weighted by Gasteiger charge is -2.17. The van der Waals surface area contributed by atoms with Crippen molar-refractivity contribution in [3.63, 3.8) is 0 Å². The standard InChI is InChI=1S/C13H13BrF3N3/c1-2-20-11(5-6-19-20)12(18)9-7-8(13(15,16)17)3-4-10(9)14/h3-7,12H,2,18H2,1H3. The molecule has 0 saturated carbocycles. The van der Waals surface area contributed by atoms with Crippen LogP contribution < -0.4 is 5.73 Å². The van der Waals surface area contributed by atoms with Crippen molar-refractivity contribution >= 4 is 15.9 Å². The van der Waals surface area contributed by atoms with E-state index in [4.69, 9.17) is 5.73 Å². The molecule has 0 radical (unpaired) electrons. The van der Waals surface area contributed by atoms with E-state index in [9.17, 15) is 13.2 Å². The molecule has 2 rings (SSSR count). The molecule has 1 aromatic heterocycles. The van der Waals surface area contributed by atoms with Crippen LogP contribution in [0.2, 0.25) is 0 Å². The number of nitrogens with two attached hydrogens (primary N) is 1. The minimum absolute atomic E-state index is 0.384. The summed E-state index contributed by atoms with van der Waals surface area (Å²) >= 11 is 3.25. The van der Waals surface area contributed by atoms with Crippen LogP contribution in [0.1, 0.15) is 29.8 Å². The lowest BCUT2D eigenvalue weighted by Crippen LogP contribution is -2.18. The molecule has 0 aliphatic heterocycles. The van der Waals surface area contributed by atoms with Gasteiger partial charge in [-0.15, -0.1) is 0 Å². The minimum atomic E-state index is -4.39. The molecule has 0 aliphatic rings. The Bertz CT molecular complexity index is 607. The van der Waals surface area contributed by atoms with Crippen molar-refractivity contribution in [3.05, 3.63) is 51.8 Å². The molecule has 1 unspecified atom stereocenters. The summed E-state index contributed by atoms with van der Waals surface area (Å²) in [4.78, 5) is 0. The summed E-state index contributed by atoms with van der Waals surface area (Å²) in [5.74, 6) is 0. The van der Waals surface area contributed by atoms with Gasteiger partial charge in [-0.2, -0.15) is 18.3 Å². The monoisotopic (exact) mass is 347 g/mol. The van der Waals surface area contributed by atoms with E-state index < -0.39 is 17.8 Å². The summed E-state index contributed by atoms with van der Waals surface area (Å²) in [7, 11) is 0. The fourth-order valence-electron chi connectivity index (χ4n) is 1.99. The zero-order chi connectivity index (χ0) is 14.9. The third-order valence-electron chi connectivity index (χ3n) is 3.03. The van der Waals surface area contributed by atoms with Crippen molar-refractivity contribution in [1.82, 2.24) is 9.78 Å². The molecular formula is C13H13BrF3N3. The van der Waals surface area contributed by atoms with Crippen molar-refractivity contribution in [2.75, 3.05) is 0 Å². The van der Waals surface area contributed by atoms with E-state index in [0.717, 1.165) is 12.1 Å². The number of aromatic nitrogens is 2. The highest BCUT2D eigenvalue weighted by atomic mass is 79.9. The molecule has 2 aromatic rings. The van der Waals surface area contributed by atoms with E-state index in [-0.39, 0.29) is 0 Å². The molecule has 7 heteroatoms. The van der Waals surface area contributed by atoms with E-state index in [1.54, 1.807) is 16.9 Å². The first-order valence-corrected chi connectivity index (χ1v) is 6.77. The van der Waals surface area contributed by atoms with Gasteiger partial charge in [-0.3, -0.25) is 4.68 Å². The van der Waals surface area contributed by atoms with Crippen LogP contribution in [0, 0.1) is 0 Å². The molecule has 2 N–H and O–H groups in total. The Morgan fingerprint density at radius 3 is 2.65 bits per heavy atom. The Kier molecular flexibility index (Phi) is 4.19. The van der Waals surface area contributed by atoms with Crippen molar-refractivity contribution in [3.8, 4) is 0 Å². The minimum Gasteiger partial charge on any atom is -0.319 e. The van der Waals surface area contributed by atoms with E-state index >= 15 is 0 Å². The maximum atomic E-state index is 12.8. The highest BCUT2D eigenvalue weighted by Gasteiger charge is 2.31. The van der Waals surface area contributed by atoms with Crippen LogP contribution in [0.15, 0.2) is 34.9 Å². The Labute approximate surface area is 122 Å². The van der Waals surface area contributed by atoms with Crippen molar-refractivity contribution < 1.29 is 13.2 Å². The van der Waals surface area contributed by atoms with Gasteiger partial charge in [0, 0.05) is 17.2 Å². The largest absolute Gasteiger partial charge is 0.416 e. The van der Waals surface area contributed by atoms with Gasteiger partial charge in [0.25, 0.3) is 0 Å².